The van der Waals surface area contributed by atoms with E-state index in [4.69, 9.17) is 38.5 Å². The second-order valence-corrected chi connectivity index (χ2v) is 7.58. The Hall–Kier alpha value is -2.03. The zero-order chi connectivity index (χ0) is 21.0. The molecule has 0 aliphatic carbocycles. The zero-order valence-electron chi connectivity index (χ0n) is 14.7. The maximum absolute atomic E-state index is 14.1. The predicted octanol–water partition coefficient (Wildman–Crippen LogP) is 5.11. The Balaban J connectivity index is 1.78. The molecule has 2 N–H and O–H groups in total. The normalized spacial score (nSPS) is 20.9. The van der Waals surface area contributed by atoms with Crippen molar-refractivity contribution < 1.29 is 27.1 Å². The van der Waals surface area contributed by atoms with Crippen LogP contribution in [0.15, 0.2) is 29.4 Å². The molecule has 4 nitrogen and oxygen atoms in total. The third kappa shape index (κ3) is 3.14. The van der Waals surface area contributed by atoms with Crippen molar-refractivity contribution in [3.8, 4) is 5.75 Å². The second kappa shape index (κ2) is 7.04. The van der Waals surface area contributed by atoms with Crippen molar-refractivity contribution >= 4 is 28.9 Å². The van der Waals surface area contributed by atoms with Gasteiger partial charge in [0.2, 0.25) is 0 Å². The number of halogens is 6. The Morgan fingerprint density at radius 1 is 1.17 bits per heavy atom. The standard InChI is InChI=1S/C19H14Cl2F4N2O2/c20-13-5-10(6-14(21)16(13)22)18(19(23,24)25)7-15(27-29-18)11-2-1-9(8-26)17-12(11)3-4-28-17/h1-2,5-6H,3-4,7-8,26H2. The minimum atomic E-state index is -4.86. The summed E-state index contributed by atoms with van der Waals surface area (Å²) in [6.07, 6.45) is -4.96. The Bertz CT molecular complexity index is 1000. The number of rotatable bonds is 3. The molecule has 1 unspecified atom stereocenters. The molecule has 10 heteroatoms. The summed E-state index contributed by atoms with van der Waals surface area (Å²) in [5.41, 5.74) is 4.55. The van der Waals surface area contributed by atoms with Gasteiger partial charge in [-0.15, -0.1) is 0 Å². The van der Waals surface area contributed by atoms with E-state index in [1.807, 2.05) is 0 Å². The first-order valence-electron chi connectivity index (χ1n) is 8.62. The van der Waals surface area contributed by atoms with Crippen LogP contribution in [0, 0.1) is 5.82 Å². The lowest BCUT2D eigenvalue weighted by molar-refractivity contribution is -0.275. The van der Waals surface area contributed by atoms with Crippen LogP contribution < -0.4 is 10.5 Å². The number of ether oxygens (including phenoxy) is 1. The summed E-state index contributed by atoms with van der Waals surface area (Å²) in [5.74, 6) is -0.425. The van der Waals surface area contributed by atoms with Crippen LogP contribution in [0.1, 0.15) is 28.7 Å². The minimum absolute atomic E-state index is 0.101. The van der Waals surface area contributed by atoms with Crippen LogP contribution >= 0.6 is 23.2 Å². The molecule has 4 rings (SSSR count). The third-order valence-electron chi connectivity index (χ3n) is 5.11. The lowest BCUT2D eigenvalue weighted by Crippen LogP contribution is -2.42. The molecule has 29 heavy (non-hydrogen) atoms. The molecule has 1 atom stereocenters. The summed E-state index contributed by atoms with van der Waals surface area (Å²) < 4.78 is 61.7. The van der Waals surface area contributed by atoms with Crippen molar-refractivity contribution in [3.63, 3.8) is 0 Å². The summed E-state index contributed by atoms with van der Waals surface area (Å²) in [6.45, 7) is 0.645. The molecule has 0 radical (unpaired) electrons. The van der Waals surface area contributed by atoms with Crippen molar-refractivity contribution in [2.24, 2.45) is 10.9 Å². The van der Waals surface area contributed by atoms with Crippen LogP contribution in [0.3, 0.4) is 0 Å². The highest BCUT2D eigenvalue weighted by Crippen LogP contribution is 2.50. The Morgan fingerprint density at radius 3 is 2.48 bits per heavy atom. The van der Waals surface area contributed by atoms with Gasteiger partial charge in [-0.2, -0.15) is 13.2 Å². The van der Waals surface area contributed by atoms with E-state index in [0.717, 1.165) is 23.3 Å². The average Bonchev–Trinajstić information content (AvgIpc) is 3.32. The minimum Gasteiger partial charge on any atom is -0.493 e. The van der Waals surface area contributed by atoms with E-state index in [1.54, 1.807) is 12.1 Å². The van der Waals surface area contributed by atoms with Gasteiger partial charge in [0.15, 0.2) is 5.82 Å². The first-order valence-corrected chi connectivity index (χ1v) is 9.38. The number of nitrogens with zero attached hydrogens (tertiary/aromatic N) is 1. The highest BCUT2D eigenvalue weighted by molar-refractivity contribution is 6.35. The molecule has 2 aromatic rings. The number of nitrogens with two attached hydrogens (primary N) is 1. The largest absolute Gasteiger partial charge is 0.493 e. The lowest BCUT2D eigenvalue weighted by Gasteiger charge is -2.29. The smallest absolute Gasteiger partial charge is 0.435 e. The van der Waals surface area contributed by atoms with Crippen LogP contribution in [-0.4, -0.2) is 18.5 Å². The molecule has 2 aromatic carbocycles. The van der Waals surface area contributed by atoms with Crippen molar-refractivity contribution in [1.82, 2.24) is 0 Å². The SMILES string of the molecule is NCc1ccc(C2=NOC(c3cc(Cl)c(F)c(Cl)c3)(C(F)(F)F)C2)c2c1OCC2. The Labute approximate surface area is 173 Å². The Kier molecular flexibility index (Phi) is 4.91. The summed E-state index contributed by atoms with van der Waals surface area (Å²) in [4.78, 5) is 4.98. The lowest BCUT2D eigenvalue weighted by atomic mass is 9.85. The summed E-state index contributed by atoms with van der Waals surface area (Å²) in [7, 11) is 0. The summed E-state index contributed by atoms with van der Waals surface area (Å²) in [6, 6.07) is 5.08. The molecule has 2 aliphatic heterocycles. The average molecular weight is 449 g/mol. The van der Waals surface area contributed by atoms with Gasteiger partial charge in [0.1, 0.15) is 5.75 Å². The number of oxime groups is 1. The molecule has 0 saturated heterocycles. The molecule has 2 aliphatic rings. The number of hydrogen-bond acceptors (Lipinski definition) is 4. The van der Waals surface area contributed by atoms with E-state index in [2.05, 4.69) is 5.16 Å². The maximum Gasteiger partial charge on any atom is 0.435 e. The van der Waals surface area contributed by atoms with Crippen LogP contribution in [0.2, 0.25) is 10.0 Å². The molecular weight excluding hydrogens is 435 g/mol. The van der Waals surface area contributed by atoms with Gasteiger partial charge in [0, 0.05) is 41.6 Å². The van der Waals surface area contributed by atoms with Crippen LogP contribution in [0.4, 0.5) is 17.6 Å². The monoisotopic (exact) mass is 448 g/mol. The van der Waals surface area contributed by atoms with Crippen LogP contribution in [-0.2, 0) is 23.4 Å². The predicted molar refractivity (Wildman–Crippen MR) is 99.9 cm³/mol. The maximum atomic E-state index is 14.1. The van der Waals surface area contributed by atoms with Gasteiger partial charge in [-0.25, -0.2) is 4.39 Å². The van der Waals surface area contributed by atoms with E-state index in [9.17, 15) is 17.6 Å². The third-order valence-corrected chi connectivity index (χ3v) is 5.66. The van der Waals surface area contributed by atoms with Crippen molar-refractivity contribution in [3.05, 3.63) is 62.4 Å². The zero-order valence-corrected chi connectivity index (χ0v) is 16.3. The van der Waals surface area contributed by atoms with E-state index >= 15 is 0 Å². The van der Waals surface area contributed by atoms with Gasteiger partial charge in [0.25, 0.3) is 5.60 Å². The topological polar surface area (TPSA) is 56.8 Å². The number of fused-ring (bicyclic) bond motifs is 1. The van der Waals surface area contributed by atoms with Gasteiger partial charge < -0.3 is 15.3 Å². The van der Waals surface area contributed by atoms with Crippen LogP contribution in [0.25, 0.3) is 0 Å². The van der Waals surface area contributed by atoms with Crippen molar-refractivity contribution in [2.45, 2.75) is 31.2 Å². The summed E-state index contributed by atoms with van der Waals surface area (Å²) in [5, 5.41) is 2.68. The van der Waals surface area contributed by atoms with E-state index in [-0.39, 0.29) is 12.3 Å². The van der Waals surface area contributed by atoms with Crippen LogP contribution in [0.5, 0.6) is 5.75 Å². The molecule has 0 bridgehead atoms. The molecule has 154 valence electrons. The number of benzene rings is 2. The van der Waals surface area contributed by atoms with Gasteiger partial charge in [-0.1, -0.05) is 40.5 Å². The molecule has 0 saturated carbocycles. The first kappa shape index (κ1) is 20.3. The van der Waals surface area contributed by atoms with E-state index < -0.39 is 39.6 Å². The molecular formula is C19H14Cl2F4N2O2. The van der Waals surface area contributed by atoms with Gasteiger partial charge >= 0.3 is 6.18 Å². The van der Waals surface area contributed by atoms with Crippen molar-refractivity contribution in [2.75, 3.05) is 6.61 Å². The molecule has 0 amide bonds. The number of hydrogen-bond donors (Lipinski definition) is 1. The fourth-order valence-corrected chi connectivity index (χ4v) is 4.11. The number of alkyl halides is 3. The highest BCUT2D eigenvalue weighted by atomic mass is 35.5. The van der Waals surface area contributed by atoms with E-state index in [1.165, 1.54) is 0 Å². The molecule has 0 aromatic heterocycles. The summed E-state index contributed by atoms with van der Waals surface area (Å²) >= 11 is 11.4. The first-order chi connectivity index (χ1) is 13.7. The molecule has 0 fully saturated rings. The Morgan fingerprint density at radius 2 is 1.86 bits per heavy atom. The fraction of sp³-hybridized carbons (Fsp3) is 0.316. The van der Waals surface area contributed by atoms with Gasteiger partial charge in [-0.3, -0.25) is 0 Å². The van der Waals surface area contributed by atoms with Gasteiger partial charge in [0.05, 0.1) is 22.4 Å². The quantitative estimate of drug-likeness (QED) is 0.524. The van der Waals surface area contributed by atoms with E-state index in [0.29, 0.717) is 24.3 Å². The molecule has 0 spiro atoms. The van der Waals surface area contributed by atoms with Gasteiger partial charge in [-0.05, 0) is 12.1 Å². The fourth-order valence-electron chi connectivity index (χ4n) is 3.63. The van der Waals surface area contributed by atoms with Crippen molar-refractivity contribution in [1.29, 1.82) is 0 Å². The highest BCUT2D eigenvalue weighted by Gasteiger charge is 2.62. The second-order valence-electron chi connectivity index (χ2n) is 6.77. The molecule has 2 heterocycles.